The van der Waals surface area contributed by atoms with E-state index in [0.29, 0.717) is 6.42 Å². The van der Waals surface area contributed by atoms with Crippen LogP contribution in [0.3, 0.4) is 0 Å². The third kappa shape index (κ3) is 4.14. The number of aliphatic hydroxyl groups excluding tert-OH is 1. The lowest BCUT2D eigenvalue weighted by Gasteiger charge is -2.15. The smallest absolute Gasteiger partial charge is 0.290 e. The summed E-state index contributed by atoms with van der Waals surface area (Å²) in [7, 11) is -4.05. The number of hydrogen-bond acceptors (Lipinski definition) is 5. The maximum absolute atomic E-state index is 12.2. The second kappa shape index (κ2) is 6.98. The molecule has 0 radical (unpaired) electrons. The standard InChI is InChI=1S/C11H15ClN2O5S/c1-2-9(5-6-15)13-20(18,19)11-4-3-8(12)7-10(11)14(16)17/h3-4,7,9,13,15H,2,5-6H2,1H3. The highest BCUT2D eigenvalue weighted by atomic mass is 35.5. The molecule has 0 heterocycles. The Hall–Kier alpha value is -1.22. The molecule has 0 saturated carbocycles. The number of nitrogens with zero attached hydrogens (tertiary/aromatic N) is 1. The van der Waals surface area contributed by atoms with Crippen LogP contribution in [0, 0.1) is 10.1 Å². The Bertz CT molecular complexity index is 590. The Morgan fingerprint density at radius 3 is 2.65 bits per heavy atom. The lowest BCUT2D eigenvalue weighted by Crippen LogP contribution is -2.35. The van der Waals surface area contributed by atoms with E-state index in [2.05, 4.69) is 4.72 Å². The SMILES string of the molecule is CCC(CCO)NS(=O)(=O)c1ccc(Cl)cc1[N+](=O)[O-]. The van der Waals surface area contributed by atoms with Crippen LogP contribution in [-0.2, 0) is 10.0 Å². The van der Waals surface area contributed by atoms with Crippen LogP contribution in [0.2, 0.25) is 5.02 Å². The maximum Gasteiger partial charge on any atom is 0.290 e. The fourth-order valence-electron chi connectivity index (χ4n) is 1.65. The molecule has 1 aromatic rings. The van der Waals surface area contributed by atoms with Gasteiger partial charge in [-0.05, 0) is 25.0 Å². The van der Waals surface area contributed by atoms with Crippen molar-refractivity contribution in [1.82, 2.24) is 4.72 Å². The Kier molecular flexibility index (Phi) is 5.88. The average molecular weight is 323 g/mol. The molecule has 0 aliphatic heterocycles. The Balaban J connectivity index is 3.18. The van der Waals surface area contributed by atoms with Crippen LogP contribution in [-0.4, -0.2) is 31.1 Å². The molecule has 2 N–H and O–H groups in total. The van der Waals surface area contributed by atoms with Crippen molar-refractivity contribution in [2.75, 3.05) is 6.61 Å². The van der Waals surface area contributed by atoms with Gasteiger partial charge in [0.1, 0.15) is 0 Å². The highest BCUT2D eigenvalue weighted by Crippen LogP contribution is 2.27. The molecule has 0 spiro atoms. The average Bonchev–Trinajstić information content (AvgIpc) is 2.37. The van der Waals surface area contributed by atoms with Gasteiger partial charge in [-0.15, -0.1) is 0 Å². The number of benzene rings is 1. The first-order chi connectivity index (χ1) is 9.31. The van der Waals surface area contributed by atoms with Gasteiger partial charge in [0.25, 0.3) is 5.69 Å². The van der Waals surface area contributed by atoms with Gasteiger partial charge >= 0.3 is 0 Å². The molecule has 0 bridgehead atoms. The second-order valence-corrected chi connectivity index (χ2v) is 6.23. The van der Waals surface area contributed by atoms with Crippen molar-refractivity contribution in [3.05, 3.63) is 33.3 Å². The normalized spacial score (nSPS) is 13.2. The minimum atomic E-state index is -4.05. The van der Waals surface area contributed by atoms with Crippen molar-refractivity contribution in [3.8, 4) is 0 Å². The summed E-state index contributed by atoms with van der Waals surface area (Å²) in [5.41, 5.74) is -0.580. The summed E-state index contributed by atoms with van der Waals surface area (Å²) in [5.74, 6) is 0. The number of nitro groups is 1. The summed E-state index contributed by atoms with van der Waals surface area (Å²) < 4.78 is 26.7. The van der Waals surface area contributed by atoms with Crippen LogP contribution in [0.5, 0.6) is 0 Å². The minimum absolute atomic E-state index is 0.0815. The third-order valence-electron chi connectivity index (χ3n) is 2.70. The molecule has 1 aromatic carbocycles. The van der Waals surface area contributed by atoms with Gasteiger partial charge in [-0.1, -0.05) is 18.5 Å². The molecule has 0 fully saturated rings. The quantitative estimate of drug-likeness (QED) is 0.586. The molecule has 1 rings (SSSR count). The number of nitro benzene ring substituents is 1. The maximum atomic E-state index is 12.2. The number of sulfonamides is 1. The van der Waals surface area contributed by atoms with E-state index in [9.17, 15) is 18.5 Å². The first-order valence-corrected chi connectivity index (χ1v) is 7.75. The van der Waals surface area contributed by atoms with Gasteiger partial charge in [0, 0.05) is 23.7 Å². The lowest BCUT2D eigenvalue weighted by atomic mass is 10.2. The molecule has 0 aromatic heterocycles. The summed E-state index contributed by atoms with van der Waals surface area (Å²) in [6.07, 6.45) is 0.693. The van der Waals surface area contributed by atoms with Gasteiger partial charge in [0.2, 0.25) is 10.0 Å². The second-order valence-electron chi connectivity index (χ2n) is 4.11. The van der Waals surface area contributed by atoms with Gasteiger partial charge < -0.3 is 5.11 Å². The summed E-state index contributed by atoms with van der Waals surface area (Å²) in [4.78, 5) is 9.68. The van der Waals surface area contributed by atoms with Crippen molar-refractivity contribution in [2.45, 2.75) is 30.7 Å². The molecule has 9 heteroatoms. The van der Waals surface area contributed by atoms with Gasteiger partial charge in [-0.2, -0.15) is 0 Å². The molecule has 7 nitrogen and oxygen atoms in total. The highest BCUT2D eigenvalue weighted by Gasteiger charge is 2.27. The molecule has 1 atom stereocenters. The Morgan fingerprint density at radius 1 is 1.50 bits per heavy atom. The predicted molar refractivity (Wildman–Crippen MR) is 74.2 cm³/mol. The summed E-state index contributed by atoms with van der Waals surface area (Å²) in [6.45, 7) is 1.57. The molecule has 0 amide bonds. The lowest BCUT2D eigenvalue weighted by molar-refractivity contribution is -0.387. The van der Waals surface area contributed by atoms with E-state index in [1.807, 2.05) is 0 Å². The monoisotopic (exact) mass is 322 g/mol. The van der Waals surface area contributed by atoms with Gasteiger partial charge in [0.05, 0.1) is 4.92 Å². The van der Waals surface area contributed by atoms with Crippen LogP contribution >= 0.6 is 11.6 Å². The van der Waals surface area contributed by atoms with E-state index < -0.39 is 31.6 Å². The van der Waals surface area contributed by atoms with Crippen molar-refractivity contribution < 1.29 is 18.4 Å². The molecular weight excluding hydrogens is 308 g/mol. The van der Waals surface area contributed by atoms with E-state index in [1.165, 1.54) is 6.07 Å². The van der Waals surface area contributed by atoms with E-state index in [4.69, 9.17) is 16.7 Å². The Morgan fingerprint density at radius 2 is 2.15 bits per heavy atom. The van der Waals surface area contributed by atoms with Crippen LogP contribution < -0.4 is 4.72 Å². The third-order valence-corrected chi connectivity index (χ3v) is 4.50. The molecule has 0 aliphatic carbocycles. The topological polar surface area (TPSA) is 110 Å². The number of nitrogens with one attached hydrogen (secondary N) is 1. The molecule has 1 unspecified atom stereocenters. The summed E-state index contributed by atoms with van der Waals surface area (Å²) >= 11 is 5.64. The first-order valence-electron chi connectivity index (χ1n) is 5.89. The van der Waals surface area contributed by atoms with E-state index >= 15 is 0 Å². The van der Waals surface area contributed by atoms with Crippen LogP contribution in [0.15, 0.2) is 23.1 Å². The molecule has 112 valence electrons. The van der Waals surface area contributed by atoms with Crippen molar-refractivity contribution in [2.24, 2.45) is 0 Å². The van der Waals surface area contributed by atoms with Gasteiger partial charge in [0.15, 0.2) is 4.90 Å². The first kappa shape index (κ1) is 16.8. The number of halogens is 1. The fourth-order valence-corrected chi connectivity index (χ4v) is 3.32. The summed E-state index contributed by atoms with van der Waals surface area (Å²) in [5, 5.41) is 19.9. The number of hydrogen-bond donors (Lipinski definition) is 2. The fraction of sp³-hybridized carbons (Fsp3) is 0.455. The van der Waals surface area contributed by atoms with Crippen molar-refractivity contribution in [3.63, 3.8) is 0 Å². The zero-order valence-electron chi connectivity index (χ0n) is 10.7. The number of rotatable bonds is 7. The molecule has 20 heavy (non-hydrogen) atoms. The van der Waals surface area contributed by atoms with E-state index in [-0.39, 0.29) is 18.1 Å². The van der Waals surface area contributed by atoms with Crippen molar-refractivity contribution >= 4 is 27.3 Å². The van der Waals surface area contributed by atoms with E-state index in [1.54, 1.807) is 6.92 Å². The summed E-state index contributed by atoms with van der Waals surface area (Å²) in [6, 6.07) is 2.87. The van der Waals surface area contributed by atoms with Gasteiger partial charge in [-0.25, -0.2) is 13.1 Å². The van der Waals surface area contributed by atoms with Gasteiger partial charge in [-0.3, -0.25) is 10.1 Å². The largest absolute Gasteiger partial charge is 0.396 e. The minimum Gasteiger partial charge on any atom is -0.396 e. The van der Waals surface area contributed by atoms with Crippen LogP contribution in [0.25, 0.3) is 0 Å². The molecular formula is C11H15ClN2O5S. The predicted octanol–water partition coefficient (Wildman–Crippen LogP) is 1.69. The Labute approximate surface area is 121 Å². The zero-order valence-corrected chi connectivity index (χ0v) is 12.3. The van der Waals surface area contributed by atoms with Crippen LogP contribution in [0.1, 0.15) is 19.8 Å². The highest BCUT2D eigenvalue weighted by molar-refractivity contribution is 7.89. The zero-order chi connectivity index (χ0) is 15.3. The molecule has 0 saturated heterocycles. The van der Waals surface area contributed by atoms with Crippen LogP contribution in [0.4, 0.5) is 5.69 Å². The molecule has 0 aliphatic rings. The number of aliphatic hydroxyl groups is 1. The van der Waals surface area contributed by atoms with Crippen molar-refractivity contribution in [1.29, 1.82) is 0 Å². The van der Waals surface area contributed by atoms with E-state index in [0.717, 1.165) is 12.1 Å².